The molecule has 2 aromatic carbocycles. The molecule has 10 rings (SSSR count). The number of aliphatic hydroxyl groups is 3. The molecule has 0 bridgehead atoms. The van der Waals surface area contributed by atoms with E-state index in [1.807, 2.05) is 15.0 Å². The van der Waals surface area contributed by atoms with Crippen LogP contribution in [0.5, 0.6) is 11.5 Å². The van der Waals surface area contributed by atoms with Gasteiger partial charge in [-0.15, -0.1) is 0 Å². The first-order chi connectivity index (χ1) is 41.8. The zero-order valence-electron chi connectivity index (χ0n) is 44.4. The highest BCUT2D eigenvalue weighted by atomic mass is 35.7. The molecule has 0 amide bonds. The van der Waals surface area contributed by atoms with Crippen LogP contribution in [0.1, 0.15) is 36.7 Å². The van der Waals surface area contributed by atoms with Gasteiger partial charge in [0.1, 0.15) is 35.9 Å². The molecule has 0 saturated carbocycles. The molecule has 5 aliphatic rings. The summed E-state index contributed by atoms with van der Waals surface area (Å²) in [5.41, 5.74) is -4.38. The lowest BCUT2D eigenvalue weighted by atomic mass is 10.0. The summed E-state index contributed by atoms with van der Waals surface area (Å²) in [6.45, 7) is -0.805. The minimum Gasteiger partial charge on any atom is -0.436 e. The molecule has 0 spiro atoms. The largest absolute Gasteiger partial charge is 0.530 e. The van der Waals surface area contributed by atoms with Crippen molar-refractivity contribution in [3.63, 3.8) is 0 Å². The van der Waals surface area contributed by atoms with Crippen molar-refractivity contribution in [2.24, 2.45) is 5.92 Å². The predicted octanol–water partition coefficient (Wildman–Crippen LogP) is 3.20. The van der Waals surface area contributed by atoms with Gasteiger partial charge in [-0.05, 0) is 23.4 Å². The summed E-state index contributed by atoms with van der Waals surface area (Å²) in [6, 6.07) is 10.7. The van der Waals surface area contributed by atoms with Gasteiger partial charge in [0.25, 0.3) is 38.3 Å². The number of H-pyrrole nitrogens is 3. The van der Waals surface area contributed by atoms with Crippen LogP contribution >= 0.6 is 77.2 Å². The summed E-state index contributed by atoms with van der Waals surface area (Å²) >= 11 is 22.7. The van der Waals surface area contributed by atoms with Gasteiger partial charge in [-0.25, -0.2) is 41.3 Å². The number of non-ortho nitro benzene ring substituents is 2. The number of phosphoric ester groups is 2. The van der Waals surface area contributed by atoms with Crippen molar-refractivity contribution in [1.82, 2.24) is 28.7 Å². The standard InChI is InChI=1S/C16H14ClFN3O10P.C10H12ClFN2O4.C9H12ClFN2O11P2.C7H5ClNO4P/c17-16(18)13(23)11(30-14(16)20-4-3-12(22)19-15(20)24)7-29-32(27)28-6-8-5-9(21(25)26)1-2-10(8)31-32;1-5-6(4-15)18-8(10(5,11)12)14-3-2-7(16)13-9(14)17;10-9(11)6(15)4(3-22-26(20,21)24-25(17,18)19)23-7(9)13-2-1-5(14)12-8(13)16;8-14-12-4-5-3-6(9(10)11)1-2-7(5)13-14/h1-5,11,13-14,23H,6-7H2,(H,19,22,24);2-3,5-6,8,15H,4H2,1H3,(H,13,16,17);1-2,4,6-7,15H,3H2,(H,20,21)(H,12,14,16)(H2,17,18,19);1-3H,4H2/t11-,13-,14-,16-,32?;5-,6-,8-,10-;4-,6-,7-,9-;/m111./s1. The zero-order chi connectivity index (χ0) is 66.8. The van der Waals surface area contributed by atoms with Crippen molar-refractivity contribution < 1.29 is 112 Å². The Kier molecular flexibility index (Phi) is 22.6. The lowest BCUT2D eigenvalue weighted by Gasteiger charge is -2.26. The smallest absolute Gasteiger partial charge is 0.436 e. The Hall–Kier alpha value is -5.61. The SMILES string of the molecule is C[C@@H]1[C@@H](CO)O[C@@H](n2ccc(=O)[nH]c2=O)[C@@]1(F)Cl.O=[N+]([O-])c1ccc2c(c1)COP(Cl)O2.O=c1ccn([C@@H]2O[C@H](COP(=O)(O)OP(=O)(O)O)[C@@H](O)[C@]2(F)Cl)c(=O)[nH]1.O=c1ccn([C@@H]2O[C@H](COP3(=O)OCc4cc([N+](=O)[O-])ccc4O3)[C@@H](O)[C@]2(F)Cl)c(=O)[nH]1. The normalized spacial score (nSPS) is 30.6. The molecular weight excluding hydrogens is 1400 g/mol. The van der Waals surface area contributed by atoms with E-state index in [4.69, 9.17) is 103 Å². The molecule has 9 N–H and O–H groups in total. The number of hydrogen-bond acceptors (Lipinski definition) is 26. The Balaban J connectivity index is 0.000000178. The Morgan fingerprint density at radius 2 is 1.12 bits per heavy atom. The van der Waals surface area contributed by atoms with E-state index in [2.05, 4.69) is 8.83 Å². The molecule has 0 radical (unpaired) electrons. The van der Waals surface area contributed by atoms with Gasteiger partial charge in [0, 0.05) is 78.1 Å². The number of alkyl halides is 6. The average Bonchev–Trinajstić information content (AvgIpc) is 1.75. The Morgan fingerprint density at radius 3 is 1.54 bits per heavy atom. The molecule has 15 atom stereocenters. The number of fused-ring (bicyclic) bond motifs is 2. The maximum Gasteiger partial charge on any atom is 0.530 e. The lowest BCUT2D eigenvalue weighted by molar-refractivity contribution is -0.385. The van der Waals surface area contributed by atoms with Crippen LogP contribution in [0.3, 0.4) is 0 Å². The van der Waals surface area contributed by atoms with Gasteiger partial charge < -0.3 is 57.8 Å². The number of ether oxygens (including phenoxy) is 3. The molecule has 3 aromatic heterocycles. The highest BCUT2D eigenvalue weighted by Crippen LogP contribution is 2.59. The fourth-order valence-corrected chi connectivity index (χ4v) is 12.9. The van der Waals surface area contributed by atoms with E-state index in [0.29, 0.717) is 20.4 Å². The van der Waals surface area contributed by atoms with Crippen LogP contribution in [0.4, 0.5) is 24.5 Å². The number of nitro benzene ring substituents is 2. The van der Waals surface area contributed by atoms with Crippen molar-refractivity contribution >= 4 is 88.6 Å². The Labute approximate surface area is 516 Å². The fraction of sp³-hybridized carbons (Fsp3) is 0.429. The van der Waals surface area contributed by atoms with Crippen LogP contribution in [-0.4, -0.2) is 134 Å². The second-order valence-electron chi connectivity index (χ2n) is 18.6. The van der Waals surface area contributed by atoms with Crippen LogP contribution in [0.15, 0.2) is 102 Å². The summed E-state index contributed by atoms with van der Waals surface area (Å²) < 4.78 is 129. The van der Waals surface area contributed by atoms with E-state index in [0.717, 1.165) is 47.4 Å². The number of nitro groups is 2. The van der Waals surface area contributed by atoms with Gasteiger partial charge in [-0.3, -0.25) is 76.8 Å². The van der Waals surface area contributed by atoms with Crippen molar-refractivity contribution in [1.29, 1.82) is 0 Å². The van der Waals surface area contributed by atoms with E-state index < -0.39 is 165 Å². The molecule has 8 heterocycles. The summed E-state index contributed by atoms with van der Waals surface area (Å²) in [6.07, 6.45) is -10.6. The average molecular weight is 1450 g/mol. The second kappa shape index (κ2) is 28.3. The Morgan fingerprint density at radius 1 is 0.700 bits per heavy atom. The van der Waals surface area contributed by atoms with E-state index in [-0.39, 0.29) is 35.9 Å². The number of nitrogens with one attached hydrogen (secondary N) is 3. The van der Waals surface area contributed by atoms with E-state index in [1.165, 1.54) is 37.3 Å². The van der Waals surface area contributed by atoms with Crippen LogP contribution in [0.2, 0.25) is 0 Å². The van der Waals surface area contributed by atoms with E-state index in [1.54, 1.807) is 0 Å². The van der Waals surface area contributed by atoms with Crippen LogP contribution in [-0.2, 0) is 63.5 Å². The van der Waals surface area contributed by atoms with Gasteiger partial charge >= 0.3 is 48.3 Å². The number of phosphoric acid groups is 3. The number of hydrogen-bond donors (Lipinski definition) is 9. The second-order valence-corrected chi connectivity index (χ2v) is 26.5. The monoisotopic (exact) mass is 1440 g/mol. The third-order valence-electron chi connectivity index (χ3n) is 12.6. The molecule has 3 unspecified atom stereocenters. The maximum absolute atomic E-state index is 14.9. The minimum atomic E-state index is -5.38. The molecule has 48 heteroatoms. The maximum atomic E-state index is 14.9. The molecule has 0 aliphatic carbocycles. The molecule has 5 aromatic rings. The highest BCUT2D eigenvalue weighted by molar-refractivity contribution is 7.76. The number of aromatic nitrogens is 6. The third kappa shape index (κ3) is 17.0. The fourth-order valence-electron chi connectivity index (χ4n) is 8.18. The summed E-state index contributed by atoms with van der Waals surface area (Å²) in [4.78, 5) is 120. The number of nitrogens with zero attached hydrogens (tertiary/aromatic N) is 5. The van der Waals surface area contributed by atoms with Crippen LogP contribution in [0, 0.1) is 26.1 Å². The minimum absolute atomic E-state index is 0.0212. The van der Waals surface area contributed by atoms with E-state index >= 15 is 0 Å². The van der Waals surface area contributed by atoms with Crippen LogP contribution in [0.25, 0.3) is 0 Å². The van der Waals surface area contributed by atoms with Gasteiger partial charge in [0.15, 0.2) is 18.7 Å². The lowest BCUT2D eigenvalue weighted by Crippen LogP contribution is -2.42. The summed E-state index contributed by atoms with van der Waals surface area (Å²) in [7, 11) is -16.3. The van der Waals surface area contributed by atoms with Gasteiger partial charge in [-0.1, -0.05) is 41.7 Å². The first-order valence-electron chi connectivity index (χ1n) is 24.4. The first kappa shape index (κ1) is 71.8. The van der Waals surface area contributed by atoms with Crippen molar-refractivity contribution in [3.05, 3.63) is 167 Å². The molecule has 37 nitrogen and oxygen atoms in total. The van der Waals surface area contributed by atoms with Crippen molar-refractivity contribution in [2.75, 3.05) is 19.8 Å². The summed E-state index contributed by atoms with van der Waals surface area (Å²) in [5.74, 6) is -0.219. The number of rotatable bonds is 14. The van der Waals surface area contributed by atoms with Gasteiger partial charge in [-0.2, -0.15) is 4.31 Å². The van der Waals surface area contributed by atoms with Crippen molar-refractivity contribution in [3.8, 4) is 11.5 Å². The summed E-state index contributed by atoms with van der Waals surface area (Å²) in [5, 5.41) is 42.0. The quantitative estimate of drug-likeness (QED) is 0.0333. The number of benzene rings is 2. The topological polar surface area (TPSA) is 516 Å². The van der Waals surface area contributed by atoms with Crippen LogP contribution < -0.4 is 42.8 Å². The van der Waals surface area contributed by atoms with E-state index in [9.17, 15) is 86.1 Å². The van der Waals surface area contributed by atoms with Crippen molar-refractivity contribution in [2.45, 2.75) is 84.7 Å². The molecule has 3 saturated heterocycles. The highest BCUT2D eigenvalue weighted by Gasteiger charge is 2.60. The number of aliphatic hydroxyl groups excluding tert-OH is 3. The van der Waals surface area contributed by atoms with Gasteiger partial charge in [0.05, 0.1) is 49.0 Å². The first-order valence-corrected chi connectivity index (χ1v) is 32.1. The number of halogens is 7. The molecule has 90 heavy (non-hydrogen) atoms. The predicted molar refractivity (Wildman–Crippen MR) is 295 cm³/mol. The number of aromatic amines is 3. The molecule has 3 fully saturated rings. The third-order valence-corrected chi connectivity index (χ3v) is 18.7. The van der Waals surface area contributed by atoms with Gasteiger partial charge in [0.2, 0.25) is 5.13 Å². The Bertz CT molecular complexity index is 4030. The molecule has 5 aliphatic heterocycles. The molecule has 494 valence electrons. The molecular formula is C42H43Cl4F3N8O29P4. The zero-order valence-corrected chi connectivity index (χ0v) is 51.0.